The van der Waals surface area contributed by atoms with Gasteiger partial charge in [-0.3, -0.25) is 4.79 Å². The largest absolute Gasteiger partial charge is 0.332 e. The van der Waals surface area contributed by atoms with Crippen LogP contribution in [0.25, 0.3) is 11.3 Å². The fourth-order valence-electron chi connectivity index (χ4n) is 2.61. The minimum atomic E-state index is 0.0529. The van der Waals surface area contributed by atoms with Crippen molar-refractivity contribution < 1.29 is 4.79 Å². The Morgan fingerprint density at radius 2 is 2.00 bits per heavy atom. The number of carbonyl (C=O) groups excluding carboxylic acids is 1. The molecule has 5 heteroatoms. The van der Waals surface area contributed by atoms with Crippen molar-refractivity contribution in [1.82, 2.24) is 4.98 Å². The van der Waals surface area contributed by atoms with Gasteiger partial charge in [0.05, 0.1) is 12.1 Å². The van der Waals surface area contributed by atoms with E-state index in [2.05, 4.69) is 34.7 Å². The molecular weight excluding hydrogens is 306 g/mol. The molecule has 1 aliphatic heterocycles. The Bertz CT molecular complexity index is 884. The van der Waals surface area contributed by atoms with Crippen LogP contribution in [-0.2, 0) is 11.2 Å². The van der Waals surface area contributed by atoms with Gasteiger partial charge in [-0.2, -0.15) is 0 Å². The second kappa shape index (κ2) is 5.52. The van der Waals surface area contributed by atoms with E-state index in [0.717, 1.165) is 33.3 Å². The first-order valence-corrected chi connectivity index (χ1v) is 8.28. The molecule has 23 heavy (non-hydrogen) atoms. The molecule has 2 heterocycles. The Labute approximate surface area is 138 Å². The van der Waals surface area contributed by atoms with Crippen molar-refractivity contribution in [1.29, 1.82) is 0 Å². The number of hydrogen-bond acceptors (Lipinski definition) is 4. The fourth-order valence-corrected chi connectivity index (χ4v) is 3.35. The molecule has 0 radical (unpaired) electrons. The quantitative estimate of drug-likeness (QED) is 0.754. The van der Waals surface area contributed by atoms with E-state index in [4.69, 9.17) is 0 Å². The number of thiazole rings is 1. The lowest BCUT2D eigenvalue weighted by Gasteiger charge is -2.03. The Kier molecular flexibility index (Phi) is 3.35. The van der Waals surface area contributed by atoms with Gasteiger partial charge >= 0.3 is 0 Å². The number of nitrogens with zero attached hydrogens (tertiary/aromatic N) is 1. The molecule has 4 rings (SSSR count). The second-order valence-electron chi connectivity index (χ2n) is 5.63. The van der Waals surface area contributed by atoms with E-state index in [1.807, 2.05) is 35.7 Å². The van der Waals surface area contributed by atoms with Gasteiger partial charge in [-0.05, 0) is 36.8 Å². The maximum atomic E-state index is 11.4. The molecule has 1 aromatic heterocycles. The van der Waals surface area contributed by atoms with Crippen molar-refractivity contribution in [2.24, 2.45) is 0 Å². The van der Waals surface area contributed by atoms with Crippen LogP contribution >= 0.6 is 11.3 Å². The van der Waals surface area contributed by atoms with E-state index < -0.39 is 0 Å². The van der Waals surface area contributed by atoms with Crippen LogP contribution in [0.15, 0.2) is 47.8 Å². The Morgan fingerprint density at radius 1 is 1.17 bits per heavy atom. The number of aryl methyl sites for hydroxylation is 1. The smallest absolute Gasteiger partial charge is 0.228 e. The zero-order valence-electron chi connectivity index (χ0n) is 12.6. The number of carbonyl (C=O) groups is 1. The molecule has 0 spiro atoms. The monoisotopic (exact) mass is 321 g/mol. The molecule has 0 saturated heterocycles. The number of amides is 1. The van der Waals surface area contributed by atoms with Gasteiger partial charge in [-0.25, -0.2) is 4.98 Å². The lowest BCUT2D eigenvalue weighted by molar-refractivity contribution is -0.115. The van der Waals surface area contributed by atoms with E-state index >= 15 is 0 Å². The molecule has 2 aromatic carbocycles. The number of fused-ring (bicyclic) bond motifs is 1. The number of nitrogens with one attached hydrogen (secondary N) is 2. The summed E-state index contributed by atoms with van der Waals surface area (Å²) in [5, 5.41) is 9.06. The highest BCUT2D eigenvalue weighted by atomic mass is 32.1. The number of aromatic nitrogens is 1. The van der Waals surface area contributed by atoms with Gasteiger partial charge in [0.1, 0.15) is 0 Å². The van der Waals surface area contributed by atoms with Crippen LogP contribution in [0.2, 0.25) is 0 Å². The van der Waals surface area contributed by atoms with Gasteiger partial charge in [0.25, 0.3) is 0 Å². The number of benzene rings is 2. The normalized spacial score (nSPS) is 12.8. The van der Waals surface area contributed by atoms with Crippen molar-refractivity contribution in [2.45, 2.75) is 13.3 Å². The van der Waals surface area contributed by atoms with Gasteiger partial charge in [0.15, 0.2) is 5.13 Å². The van der Waals surface area contributed by atoms with Gasteiger partial charge in [-0.1, -0.05) is 23.8 Å². The molecule has 0 aliphatic carbocycles. The average Bonchev–Trinajstić information content (AvgIpc) is 3.14. The van der Waals surface area contributed by atoms with E-state index in [0.29, 0.717) is 6.42 Å². The summed E-state index contributed by atoms with van der Waals surface area (Å²) >= 11 is 1.57. The minimum absolute atomic E-state index is 0.0529. The molecular formula is C18H15N3OS. The summed E-state index contributed by atoms with van der Waals surface area (Å²) in [6.45, 7) is 2.07. The molecule has 2 N–H and O–H groups in total. The molecule has 0 unspecified atom stereocenters. The molecule has 0 saturated carbocycles. The highest BCUT2D eigenvalue weighted by Gasteiger charge is 2.18. The summed E-state index contributed by atoms with van der Waals surface area (Å²) in [5.74, 6) is 0.0529. The van der Waals surface area contributed by atoms with Crippen molar-refractivity contribution in [3.05, 3.63) is 59.0 Å². The van der Waals surface area contributed by atoms with Crippen LogP contribution < -0.4 is 10.6 Å². The Morgan fingerprint density at radius 3 is 2.83 bits per heavy atom. The van der Waals surface area contributed by atoms with Crippen molar-refractivity contribution in [3.63, 3.8) is 0 Å². The van der Waals surface area contributed by atoms with Crippen molar-refractivity contribution >= 4 is 33.8 Å². The van der Waals surface area contributed by atoms with E-state index in [-0.39, 0.29) is 5.91 Å². The lowest BCUT2D eigenvalue weighted by Crippen LogP contribution is -2.03. The minimum Gasteiger partial charge on any atom is -0.332 e. The van der Waals surface area contributed by atoms with Crippen LogP contribution in [0.1, 0.15) is 11.1 Å². The number of rotatable bonds is 3. The third-order valence-electron chi connectivity index (χ3n) is 3.83. The molecule has 0 bridgehead atoms. The zero-order valence-corrected chi connectivity index (χ0v) is 13.4. The van der Waals surface area contributed by atoms with Crippen LogP contribution in [0, 0.1) is 6.92 Å². The fraction of sp³-hybridized carbons (Fsp3) is 0.111. The summed E-state index contributed by atoms with van der Waals surface area (Å²) < 4.78 is 0. The molecule has 0 atom stereocenters. The standard InChI is InChI=1S/C18H15N3OS/c1-11-2-5-14(6-3-11)19-18-21-16(10-23-18)12-4-7-15-13(8-12)9-17(22)20-15/h2-8,10H,9H2,1H3,(H,19,21)(H,20,22). The van der Waals surface area contributed by atoms with Crippen LogP contribution in [-0.4, -0.2) is 10.9 Å². The first kappa shape index (κ1) is 14.0. The third-order valence-corrected chi connectivity index (χ3v) is 4.59. The van der Waals surface area contributed by atoms with Crippen LogP contribution in [0.3, 0.4) is 0 Å². The first-order chi connectivity index (χ1) is 11.2. The summed E-state index contributed by atoms with van der Waals surface area (Å²) in [4.78, 5) is 16.1. The Balaban J connectivity index is 1.57. The molecule has 4 nitrogen and oxygen atoms in total. The topological polar surface area (TPSA) is 54.0 Å². The second-order valence-corrected chi connectivity index (χ2v) is 6.48. The maximum absolute atomic E-state index is 11.4. The summed E-state index contributed by atoms with van der Waals surface area (Å²) in [7, 11) is 0. The number of anilines is 3. The predicted octanol–water partition coefficient (Wildman–Crippen LogP) is 4.36. The van der Waals surface area contributed by atoms with Gasteiger partial charge in [-0.15, -0.1) is 11.3 Å². The van der Waals surface area contributed by atoms with Gasteiger partial charge in [0, 0.05) is 22.3 Å². The van der Waals surface area contributed by atoms with Crippen molar-refractivity contribution in [2.75, 3.05) is 10.6 Å². The zero-order chi connectivity index (χ0) is 15.8. The van der Waals surface area contributed by atoms with E-state index in [1.165, 1.54) is 5.56 Å². The third kappa shape index (κ3) is 2.83. The van der Waals surface area contributed by atoms with Crippen LogP contribution in [0.5, 0.6) is 0 Å². The molecule has 1 aliphatic rings. The van der Waals surface area contributed by atoms with Gasteiger partial charge in [0.2, 0.25) is 5.91 Å². The average molecular weight is 321 g/mol. The SMILES string of the molecule is Cc1ccc(Nc2nc(-c3ccc4c(c3)CC(=O)N4)cs2)cc1. The number of hydrogen-bond donors (Lipinski definition) is 2. The predicted molar refractivity (Wildman–Crippen MR) is 94.3 cm³/mol. The maximum Gasteiger partial charge on any atom is 0.228 e. The summed E-state index contributed by atoms with van der Waals surface area (Å²) in [5.41, 5.74) is 6.16. The highest BCUT2D eigenvalue weighted by Crippen LogP contribution is 2.31. The lowest BCUT2D eigenvalue weighted by atomic mass is 10.1. The van der Waals surface area contributed by atoms with Crippen molar-refractivity contribution in [3.8, 4) is 11.3 Å². The molecule has 1 amide bonds. The molecule has 0 fully saturated rings. The summed E-state index contributed by atoms with van der Waals surface area (Å²) in [6, 6.07) is 14.2. The van der Waals surface area contributed by atoms with E-state index in [1.54, 1.807) is 11.3 Å². The molecule has 114 valence electrons. The summed E-state index contributed by atoms with van der Waals surface area (Å²) in [6.07, 6.45) is 0.446. The van der Waals surface area contributed by atoms with Crippen LogP contribution in [0.4, 0.5) is 16.5 Å². The van der Waals surface area contributed by atoms with E-state index in [9.17, 15) is 4.79 Å². The Hall–Kier alpha value is -2.66. The van der Waals surface area contributed by atoms with Gasteiger partial charge < -0.3 is 10.6 Å². The highest BCUT2D eigenvalue weighted by molar-refractivity contribution is 7.14. The first-order valence-electron chi connectivity index (χ1n) is 7.40. The molecule has 3 aromatic rings.